The second-order valence-electron chi connectivity index (χ2n) is 19.0. The summed E-state index contributed by atoms with van der Waals surface area (Å²) in [4.78, 5) is 70.0. The van der Waals surface area contributed by atoms with Gasteiger partial charge in [-0.2, -0.15) is 0 Å². The highest BCUT2D eigenvalue weighted by Crippen LogP contribution is 2.89. The number of methoxy groups -OCH3 is 1. The molecule has 4 aliphatic carbocycles. The average molecular weight is 817 g/mol. The predicted octanol–water partition coefficient (Wildman–Crippen LogP) is 2.71. The lowest BCUT2D eigenvalue weighted by atomic mass is 9.31. The van der Waals surface area contributed by atoms with E-state index in [0.717, 1.165) is 6.92 Å². The molecule has 8 fully saturated rings. The number of hydrogen-bond acceptors (Lipinski definition) is 17. The number of esters is 5. The highest BCUT2D eigenvalue weighted by Gasteiger charge is 3.07. The van der Waals surface area contributed by atoms with E-state index in [1.807, 2.05) is 6.92 Å². The van der Waals surface area contributed by atoms with Crippen molar-refractivity contribution in [2.75, 3.05) is 7.11 Å². The number of cyclic esters (lactones) is 1. The summed E-state index contributed by atoms with van der Waals surface area (Å²) in [5.41, 5.74) is -17.7. The van der Waals surface area contributed by atoms with Crippen LogP contribution in [0.15, 0.2) is 23.0 Å². The Labute approximate surface area is 334 Å². The van der Waals surface area contributed by atoms with Crippen LogP contribution in [0.4, 0.5) is 0 Å². The van der Waals surface area contributed by atoms with Crippen LogP contribution in [-0.4, -0.2) is 111 Å². The van der Waals surface area contributed by atoms with Gasteiger partial charge < -0.3 is 57.3 Å². The summed E-state index contributed by atoms with van der Waals surface area (Å²) in [6, 6.07) is 1.62. The summed E-state index contributed by atoms with van der Waals surface area (Å²) in [6.45, 7) is 14.3. The maximum Gasteiger partial charge on any atom is 0.341 e. The van der Waals surface area contributed by atoms with E-state index in [1.165, 1.54) is 33.5 Å². The Balaban J connectivity index is 1.40. The fraction of sp³-hybridized carbons (Fsp3) is 0.780. The molecule has 17 atom stereocenters. The van der Waals surface area contributed by atoms with Gasteiger partial charge in [0.1, 0.15) is 29.5 Å². The van der Waals surface area contributed by atoms with Crippen molar-refractivity contribution >= 4 is 29.8 Å². The highest BCUT2D eigenvalue weighted by atomic mass is 17.0. The summed E-state index contributed by atoms with van der Waals surface area (Å²) in [7, 11) is 1.21. The standard InChI is InChI=1S/C41H52O17/c1-11-19(2)28(45)52-24-15-33(6)27(22-12-13-50-17-22)53-26(44)16-38(33)41-30(51-21(4)42)39(48)29(54-31(46)34(7)20(3)55-34)32(5)18-37(39,47)35(8,23(32)14-25(43)49-10)40(24,41)57-36(9,56-38)58-41/h12-13,17,19-20,23-24,27,29-30,47-48H,11,14-16,18H2,1-10H3/t19?,20?,23-,24+,27-,29-,30+,32?,33-,34?,35?,36?,37?,38?,39?,40?,41?/m0/s1. The molecule has 1 aromatic heterocycles. The summed E-state index contributed by atoms with van der Waals surface area (Å²) >= 11 is 0. The fourth-order valence-corrected chi connectivity index (χ4v) is 13.6. The zero-order valence-electron chi connectivity index (χ0n) is 34.3. The second-order valence-corrected chi connectivity index (χ2v) is 19.0. The van der Waals surface area contributed by atoms with Crippen molar-refractivity contribution in [3.63, 3.8) is 0 Å². The quantitative estimate of drug-likeness (QED) is 0.208. The van der Waals surface area contributed by atoms with E-state index in [2.05, 4.69) is 0 Å². The number of epoxide rings is 1. The van der Waals surface area contributed by atoms with Crippen molar-refractivity contribution in [3.05, 3.63) is 24.2 Å². The fourth-order valence-electron chi connectivity index (χ4n) is 13.6. The largest absolute Gasteiger partial charge is 0.472 e. The van der Waals surface area contributed by atoms with Crippen LogP contribution < -0.4 is 0 Å². The summed E-state index contributed by atoms with van der Waals surface area (Å²) < 4.78 is 63.0. The van der Waals surface area contributed by atoms with Gasteiger partial charge in [0.15, 0.2) is 28.5 Å². The van der Waals surface area contributed by atoms with Crippen molar-refractivity contribution in [1.82, 2.24) is 0 Å². The van der Waals surface area contributed by atoms with E-state index in [4.69, 9.17) is 47.0 Å². The molecule has 0 amide bonds. The minimum absolute atomic E-state index is 0.149. The third kappa shape index (κ3) is 3.98. The Morgan fingerprint density at radius 1 is 0.983 bits per heavy atom. The van der Waals surface area contributed by atoms with Crippen LogP contribution in [0.5, 0.6) is 0 Å². The summed E-state index contributed by atoms with van der Waals surface area (Å²) in [5.74, 6) is -7.76. The third-order valence-corrected chi connectivity index (χ3v) is 16.4. The second kappa shape index (κ2) is 11.4. The molecule has 11 unspecified atom stereocenters. The summed E-state index contributed by atoms with van der Waals surface area (Å²) in [5, 5.41) is 27.8. The average Bonchev–Trinajstić information content (AvgIpc) is 3.60. The molecule has 17 heteroatoms. The Bertz CT molecular complexity index is 2020. The molecule has 2 N–H and O–H groups in total. The molecule has 58 heavy (non-hydrogen) atoms. The van der Waals surface area contributed by atoms with Crippen molar-refractivity contribution in [2.45, 2.75) is 165 Å². The summed E-state index contributed by atoms with van der Waals surface area (Å²) in [6.07, 6.45) is -5.16. The molecule has 1 aromatic rings. The Hall–Kier alpha value is -3.61. The topological polar surface area (TPSA) is 225 Å². The number of carbonyl (C=O) groups excluding carboxylic acids is 5. The van der Waals surface area contributed by atoms with Crippen LogP contribution in [0.1, 0.15) is 106 Å². The zero-order chi connectivity index (χ0) is 42.2. The monoisotopic (exact) mass is 816 g/mol. The van der Waals surface area contributed by atoms with E-state index in [1.54, 1.807) is 40.7 Å². The maximum absolute atomic E-state index is 14.2. The van der Waals surface area contributed by atoms with E-state index < -0.39 is 141 Å². The number of ether oxygens (including phenoxy) is 9. The normalized spacial score (nSPS) is 52.9. The molecule has 2 spiro atoms. The molecule has 9 rings (SSSR count). The van der Waals surface area contributed by atoms with Gasteiger partial charge in [0.2, 0.25) is 0 Å². The van der Waals surface area contributed by atoms with E-state index in [0.29, 0.717) is 12.0 Å². The van der Waals surface area contributed by atoms with E-state index in [9.17, 15) is 34.2 Å². The highest BCUT2D eigenvalue weighted by molar-refractivity contribution is 5.83. The lowest BCUT2D eigenvalue weighted by molar-refractivity contribution is -0.479. The molecule has 0 aromatic carbocycles. The van der Waals surface area contributed by atoms with Crippen LogP contribution in [-0.2, 0) is 66.6 Å². The van der Waals surface area contributed by atoms with Gasteiger partial charge >= 0.3 is 29.8 Å². The Morgan fingerprint density at radius 2 is 1.66 bits per heavy atom. The number of hydrogen-bond donors (Lipinski definition) is 2. The molecule has 4 saturated carbocycles. The van der Waals surface area contributed by atoms with Crippen molar-refractivity contribution in [2.24, 2.45) is 28.1 Å². The number of fused-ring (bicyclic) bond motifs is 2. The molecule has 4 saturated heterocycles. The zero-order valence-corrected chi connectivity index (χ0v) is 34.3. The first kappa shape index (κ1) is 39.8. The maximum atomic E-state index is 14.2. The van der Waals surface area contributed by atoms with Gasteiger partial charge in [-0.05, 0) is 45.1 Å². The first-order chi connectivity index (χ1) is 26.9. The van der Waals surface area contributed by atoms with Gasteiger partial charge in [0, 0.05) is 42.1 Å². The van der Waals surface area contributed by atoms with Crippen LogP contribution in [0.2, 0.25) is 0 Å². The first-order valence-corrected chi connectivity index (χ1v) is 20.0. The number of aliphatic hydroxyl groups is 2. The molecular weight excluding hydrogens is 764 g/mol. The van der Waals surface area contributed by atoms with Crippen molar-refractivity contribution in [1.29, 1.82) is 0 Å². The lowest BCUT2D eigenvalue weighted by Crippen LogP contribution is -2.99. The molecular formula is C41H52O17. The smallest absolute Gasteiger partial charge is 0.341 e. The minimum atomic E-state index is -2.78. The molecule has 17 nitrogen and oxygen atoms in total. The minimum Gasteiger partial charge on any atom is -0.472 e. The first-order valence-electron chi connectivity index (χ1n) is 20.0. The number of carbonyl (C=O) groups is 5. The molecule has 0 radical (unpaired) electrons. The van der Waals surface area contributed by atoms with E-state index in [-0.39, 0.29) is 12.8 Å². The molecule has 4 bridgehead atoms. The van der Waals surface area contributed by atoms with Crippen molar-refractivity contribution in [3.8, 4) is 0 Å². The molecule has 318 valence electrons. The Morgan fingerprint density at radius 3 is 2.24 bits per heavy atom. The van der Waals surface area contributed by atoms with Gasteiger partial charge in [-0.1, -0.05) is 34.6 Å². The number of furan rings is 1. The van der Waals surface area contributed by atoms with Crippen molar-refractivity contribution < 1.29 is 81.2 Å². The van der Waals surface area contributed by atoms with Gasteiger partial charge in [0.25, 0.3) is 5.97 Å². The van der Waals surface area contributed by atoms with Crippen LogP contribution in [0.3, 0.4) is 0 Å². The molecule has 5 heterocycles. The van der Waals surface area contributed by atoms with Crippen LogP contribution >= 0.6 is 0 Å². The molecule has 4 aliphatic heterocycles. The van der Waals surface area contributed by atoms with Gasteiger partial charge in [-0.3, -0.25) is 19.2 Å². The number of rotatable bonds is 9. The van der Waals surface area contributed by atoms with Gasteiger partial charge in [0.05, 0.1) is 38.1 Å². The third-order valence-electron chi connectivity index (χ3n) is 16.4. The predicted molar refractivity (Wildman–Crippen MR) is 189 cm³/mol. The van der Waals surface area contributed by atoms with Gasteiger partial charge in [-0.25, -0.2) is 4.79 Å². The Kier molecular flexibility index (Phi) is 7.83. The van der Waals surface area contributed by atoms with Crippen LogP contribution in [0, 0.1) is 28.1 Å². The van der Waals surface area contributed by atoms with Gasteiger partial charge in [-0.15, -0.1) is 0 Å². The van der Waals surface area contributed by atoms with Crippen LogP contribution in [0.25, 0.3) is 0 Å². The molecule has 8 aliphatic rings. The van der Waals surface area contributed by atoms with E-state index >= 15 is 0 Å². The SMILES string of the molecule is CCC(C)C(=O)O[C@@H]1C[C@@]2(C)[C@H](c3ccoc3)OC(=O)CC23OC2(C)OC14C1(C)[C@@H](CC(=O)OC)C5(C)CC1(O)C(O)([C@@H](OC(C)=O)C43O2)[C@H]5OC(=O)C1(C)OC1C. The lowest BCUT2D eigenvalue weighted by Gasteiger charge is -2.79.